The van der Waals surface area contributed by atoms with Crippen molar-refractivity contribution in [2.75, 3.05) is 7.11 Å². The molecular formula is C18H16N2O4. The standard InChI is InChI=1S/C18H16N2O4/c1-24-18(21)15(9-12-5-3-2-4-6-12)16-11-19-17-8-7-13(20(22)23)10-14(16)17/h2-8,10-11,15,19H,9H2,1H3. The molecule has 6 nitrogen and oxygen atoms in total. The molecule has 0 radical (unpaired) electrons. The third kappa shape index (κ3) is 2.99. The number of H-pyrrole nitrogens is 1. The molecule has 0 bridgehead atoms. The summed E-state index contributed by atoms with van der Waals surface area (Å²) in [5.41, 5.74) is 2.43. The van der Waals surface area contributed by atoms with Crippen molar-refractivity contribution in [3.05, 3.63) is 76.0 Å². The molecule has 0 amide bonds. The minimum absolute atomic E-state index is 0.00771. The molecule has 0 saturated carbocycles. The molecule has 24 heavy (non-hydrogen) atoms. The van der Waals surface area contributed by atoms with Gasteiger partial charge < -0.3 is 9.72 Å². The molecule has 0 aliphatic rings. The lowest BCUT2D eigenvalue weighted by molar-refractivity contribution is -0.384. The summed E-state index contributed by atoms with van der Waals surface area (Å²) < 4.78 is 4.95. The second-order valence-corrected chi connectivity index (χ2v) is 5.50. The quantitative estimate of drug-likeness (QED) is 0.441. The molecule has 1 unspecified atom stereocenters. The first kappa shape index (κ1) is 15.7. The monoisotopic (exact) mass is 324 g/mol. The smallest absolute Gasteiger partial charge is 0.313 e. The number of carbonyl (C=O) groups excluding carboxylic acids is 1. The molecule has 1 atom stereocenters. The summed E-state index contributed by atoms with van der Waals surface area (Å²) in [6, 6.07) is 14.2. The number of nitro groups is 1. The van der Waals surface area contributed by atoms with Gasteiger partial charge in [0.25, 0.3) is 5.69 Å². The molecule has 3 aromatic rings. The molecule has 0 aliphatic heterocycles. The summed E-state index contributed by atoms with van der Waals surface area (Å²) in [6.45, 7) is 0. The SMILES string of the molecule is COC(=O)C(Cc1ccccc1)c1c[nH]c2ccc([N+](=O)[O-])cc12. The van der Waals surface area contributed by atoms with Gasteiger partial charge in [-0.15, -0.1) is 0 Å². The van der Waals surface area contributed by atoms with Crippen molar-refractivity contribution in [2.45, 2.75) is 12.3 Å². The van der Waals surface area contributed by atoms with Gasteiger partial charge in [-0.2, -0.15) is 0 Å². The van der Waals surface area contributed by atoms with Gasteiger partial charge in [0.1, 0.15) is 0 Å². The van der Waals surface area contributed by atoms with Crippen LogP contribution >= 0.6 is 0 Å². The summed E-state index contributed by atoms with van der Waals surface area (Å²) in [7, 11) is 1.34. The highest BCUT2D eigenvalue weighted by Crippen LogP contribution is 2.31. The predicted molar refractivity (Wildman–Crippen MR) is 89.9 cm³/mol. The number of carbonyl (C=O) groups is 1. The van der Waals surface area contributed by atoms with Crippen molar-refractivity contribution in [1.82, 2.24) is 4.98 Å². The predicted octanol–water partition coefficient (Wildman–Crippen LogP) is 3.58. The van der Waals surface area contributed by atoms with Gasteiger partial charge in [-0.1, -0.05) is 30.3 Å². The van der Waals surface area contributed by atoms with Crippen LogP contribution in [0.5, 0.6) is 0 Å². The number of ether oxygens (including phenoxy) is 1. The second-order valence-electron chi connectivity index (χ2n) is 5.50. The largest absolute Gasteiger partial charge is 0.469 e. The Bertz CT molecular complexity index is 886. The van der Waals surface area contributed by atoms with Crippen molar-refractivity contribution in [3.63, 3.8) is 0 Å². The Morgan fingerprint density at radius 2 is 2.00 bits per heavy atom. The van der Waals surface area contributed by atoms with Gasteiger partial charge in [0, 0.05) is 29.2 Å². The van der Waals surface area contributed by atoms with E-state index < -0.39 is 10.8 Å². The zero-order valence-electron chi connectivity index (χ0n) is 13.1. The normalized spacial score (nSPS) is 12.0. The highest BCUT2D eigenvalue weighted by atomic mass is 16.6. The number of hydrogen-bond acceptors (Lipinski definition) is 4. The number of hydrogen-bond donors (Lipinski definition) is 1. The average molecular weight is 324 g/mol. The van der Waals surface area contributed by atoms with E-state index in [1.807, 2.05) is 30.3 Å². The van der Waals surface area contributed by atoms with Gasteiger partial charge in [0.15, 0.2) is 0 Å². The number of aromatic amines is 1. The molecule has 122 valence electrons. The molecule has 1 aromatic heterocycles. The van der Waals surface area contributed by atoms with E-state index in [-0.39, 0.29) is 11.7 Å². The molecule has 3 rings (SSSR count). The van der Waals surface area contributed by atoms with E-state index in [9.17, 15) is 14.9 Å². The molecule has 0 saturated heterocycles. The number of esters is 1. The Morgan fingerprint density at radius 3 is 2.67 bits per heavy atom. The van der Waals surface area contributed by atoms with Gasteiger partial charge in [-0.05, 0) is 23.6 Å². The van der Waals surface area contributed by atoms with Gasteiger partial charge in [-0.3, -0.25) is 14.9 Å². The summed E-state index contributed by atoms with van der Waals surface area (Å²) in [4.78, 5) is 26.0. The Kier molecular flexibility index (Phi) is 4.29. The van der Waals surface area contributed by atoms with E-state index in [4.69, 9.17) is 4.74 Å². The first-order valence-electron chi connectivity index (χ1n) is 7.47. The van der Waals surface area contributed by atoms with Crippen LogP contribution < -0.4 is 0 Å². The zero-order chi connectivity index (χ0) is 17.1. The number of nitrogens with zero attached hydrogens (tertiary/aromatic N) is 1. The molecule has 0 spiro atoms. The molecule has 6 heteroatoms. The summed E-state index contributed by atoms with van der Waals surface area (Å²) in [5.74, 6) is -0.903. The van der Waals surface area contributed by atoms with E-state index in [2.05, 4.69) is 4.98 Å². The molecule has 1 heterocycles. The third-order valence-corrected chi connectivity index (χ3v) is 4.05. The molecular weight excluding hydrogens is 308 g/mol. The maximum atomic E-state index is 12.3. The topological polar surface area (TPSA) is 85.2 Å². The minimum Gasteiger partial charge on any atom is -0.469 e. The lowest BCUT2D eigenvalue weighted by Gasteiger charge is -2.14. The van der Waals surface area contributed by atoms with Gasteiger partial charge in [0.05, 0.1) is 18.0 Å². The van der Waals surface area contributed by atoms with Crippen LogP contribution in [-0.2, 0) is 16.0 Å². The number of methoxy groups -OCH3 is 1. The number of fused-ring (bicyclic) bond motifs is 1. The van der Waals surface area contributed by atoms with E-state index in [0.29, 0.717) is 17.4 Å². The number of aromatic nitrogens is 1. The van der Waals surface area contributed by atoms with E-state index in [1.165, 1.54) is 19.2 Å². The van der Waals surface area contributed by atoms with Crippen molar-refractivity contribution >= 4 is 22.6 Å². The van der Waals surface area contributed by atoms with Crippen LogP contribution in [0.3, 0.4) is 0 Å². The number of nitrogens with one attached hydrogen (secondary N) is 1. The fraction of sp³-hybridized carbons (Fsp3) is 0.167. The lowest BCUT2D eigenvalue weighted by Crippen LogP contribution is -2.16. The minimum atomic E-state index is -0.534. The van der Waals surface area contributed by atoms with E-state index in [1.54, 1.807) is 12.3 Å². The zero-order valence-corrected chi connectivity index (χ0v) is 13.1. The van der Waals surface area contributed by atoms with Crippen LogP contribution in [0.4, 0.5) is 5.69 Å². The van der Waals surface area contributed by atoms with Crippen LogP contribution in [0.1, 0.15) is 17.0 Å². The van der Waals surface area contributed by atoms with E-state index >= 15 is 0 Å². The number of nitro benzene ring substituents is 1. The molecule has 1 N–H and O–H groups in total. The van der Waals surface area contributed by atoms with Crippen molar-refractivity contribution in [2.24, 2.45) is 0 Å². The summed E-state index contributed by atoms with van der Waals surface area (Å²) in [6.07, 6.45) is 2.18. The first-order valence-corrected chi connectivity index (χ1v) is 7.47. The Balaban J connectivity index is 2.07. The van der Waals surface area contributed by atoms with E-state index in [0.717, 1.165) is 11.1 Å². The van der Waals surface area contributed by atoms with Gasteiger partial charge in [-0.25, -0.2) is 0 Å². The highest BCUT2D eigenvalue weighted by Gasteiger charge is 2.25. The van der Waals surface area contributed by atoms with Gasteiger partial charge >= 0.3 is 5.97 Å². The molecule has 0 fully saturated rings. The van der Waals surface area contributed by atoms with Crippen molar-refractivity contribution in [3.8, 4) is 0 Å². The Hall–Kier alpha value is -3.15. The van der Waals surface area contributed by atoms with Crippen LogP contribution in [0.2, 0.25) is 0 Å². The number of benzene rings is 2. The molecule has 2 aromatic carbocycles. The second kappa shape index (κ2) is 6.54. The third-order valence-electron chi connectivity index (χ3n) is 4.05. The maximum Gasteiger partial charge on any atom is 0.313 e. The highest BCUT2D eigenvalue weighted by molar-refractivity contribution is 5.91. The van der Waals surface area contributed by atoms with Crippen LogP contribution in [0.25, 0.3) is 10.9 Å². The lowest BCUT2D eigenvalue weighted by atomic mass is 9.91. The summed E-state index contributed by atoms with van der Waals surface area (Å²) >= 11 is 0. The Labute approximate surface area is 138 Å². The maximum absolute atomic E-state index is 12.3. The summed E-state index contributed by atoms with van der Waals surface area (Å²) in [5, 5.41) is 11.7. The van der Waals surface area contributed by atoms with Crippen molar-refractivity contribution < 1.29 is 14.5 Å². The van der Waals surface area contributed by atoms with Crippen molar-refractivity contribution in [1.29, 1.82) is 0 Å². The fourth-order valence-corrected chi connectivity index (χ4v) is 2.84. The van der Waals surface area contributed by atoms with Crippen LogP contribution in [0.15, 0.2) is 54.7 Å². The number of rotatable bonds is 5. The first-order chi connectivity index (χ1) is 11.6. The van der Waals surface area contributed by atoms with Crippen LogP contribution in [-0.4, -0.2) is 23.0 Å². The van der Waals surface area contributed by atoms with Gasteiger partial charge in [0.2, 0.25) is 0 Å². The molecule has 0 aliphatic carbocycles. The fourth-order valence-electron chi connectivity index (χ4n) is 2.84. The average Bonchev–Trinajstić information content (AvgIpc) is 3.02. The number of non-ortho nitro benzene ring substituents is 1. The van der Waals surface area contributed by atoms with Crippen LogP contribution in [0, 0.1) is 10.1 Å². The Morgan fingerprint density at radius 1 is 1.25 bits per heavy atom.